The monoisotopic (exact) mass is 275 g/mol. The Morgan fingerprint density at radius 3 is 2.56 bits per heavy atom. The number of benzene rings is 1. The fourth-order valence-corrected chi connectivity index (χ4v) is 2.11. The van der Waals surface area contributed by atoms with Crippen LogP contribution in [0.5, 0.6) is 6.01 Å². The van der Waals surface area contributed by atoms with Crippen molar-refractivity contribution in [1.82, 2.24) is 9.36 Å². The largest absolute Gasteiger partial charge is 0.466 e. The van der Waals surface area contributed by atoms with Gasteiger partial charge in [0.25, 0.3) is 0 Å². The van der Waals surface area contributed by atoms with Gasteiger partial charge in [-0.05, 0) is 12.1 Å². The second-order valence-electron chi connectivity index (χ2n) is 2.81. The summed E-state index contributed by atoms with van der Waals surface area (Å²) in [7, 11) is 1.51. The van der Waals surface area contributed by atoms with Crippen LogP contribution in [-0.4, -0.2) is 16.5 Å². The maximum absolute atomic E-state index is 6.00. The highest BCUT2D eigenvalue weighted by Gasteiger charge is 2.09. The fraction of sp³-hybridized carbons (Fsp3) is 0.111. The van der Waals surface area contributed by atoms with E-state index in [2.05, 4.69) is 14.7 Å². The van der Waals surface area contributed by atoms with Crippen molar-refractivity contribution in [2.24, 2.45) is 0 Å². The number of halogens is 2. The van der Waals surface area contributed by atoms with Gasteiger partial charge in [0.2, 0.25) is 5.13 Å². The second kappa shape index (κ2) is 4.86. The zero-order valence-electron chi connectivity index (χ0n) is 8.20. The molecule has 1 heterocycles. The molecule has 0 saturated carbocycles. The highest BCUT2D eigenvalue weighted by atomic mass is 35.5. The van der Waals surface area contributed by atoms with E-state index in [-0.39, 0.29) is 0 Å². The summed E-state index contributed by atoms with van der Waals surface area (Å²) in [6.45, 7) is 0. The Balaban J connectivity index is 2.26. The first-order chi connectivity index (χ1) is 7.70. The molecule has 0 amide bonds. The van der Waals surface area contributed by atoms with E-state index in [0.29, 0.717) is 26.9 Å². The van der Waals surface area contributed by atoms with Gasteiger partial charge in [-0.3, -0.25) is 0 Å². The minimum atomic E-state index is 0.315. The number of nitrogens with one attached hydrogen (secondary N) is 1. The number of nitrogens with zero attached hydrogens (tertiary/aromatic N) is 2. The molecule has 0 spiro atoms. The summed E-state index contributed by atoms with van der Waals surface area (Å²) in [5.41, 5.74) is 0.615. The van der Waals surface area contributed by atoms with Gasteiger partial charge in [-0.15, -0.1) is 4.37 Å². The summed E-state index contributed by atoms with van der Waals surface area (Å²) in [4.78, 5) is 4.06. The van der Waals surface area contributed by atoms with Crippen LogP contribution < -0.4 is 10.1 Å². The number of ether oxygens (including phenoxy) is 1. The number of aromatic nitrogens is 2. The van der Waals surface area contributed by atoms with Gasteiger partial charge in [0.1, 0.15) is 0 Å². The van der Waals surface area contributed by atoms with Crippen molar-refractivity contribution in [1.29, 1.82) is 0 Å². The first-order valence-corrected chi connectivity index (χ1v) is 5.82. The van der Waals surface area contributed by atoms with Gasteiger partial charge >= 0.3 is 6.01 Å². The smallest absolute Gasteiger partial charge is 0.329 e. The van der Waals surface area contributed by atoms with Crippen molar-refractivity contribution < 1.29 is 4.74 Å². The number of rotatable bonds is 3. The van der Waals surface area contributed by atoms with E-state index in [1.165, 1.54) is 18.6 Å². The van der Waals surface area contributed by atoms with Gasteiger partial charge in [-0.1, -0.05) is 29.3 Å². The summed E-state index contributed by atoms with van der Waals surface area (Å²) in [6.07, 6.45) is 0. The van der Waals surface area contributed by atoms with Gasteiger partial charge in [-0.25, -0.2) is 0 Å². The first kappa shape index (κ1) is 11.4. The van der Waals surface area contributed by atoms with Gasteiger partial charge in [0.05, 0.1) is 22.8 Å². The molecular formula is C9H7Cl2N3OS. The third-order valence-corrected chi connectivity index (χ3v) is 3.03. The van der Waals surface area contributed by atoms with Crippen LogP contribution in [0.3, 0.4) is 0 Å². The molecule has 2 aromatic rings. The highest BCUT2D eigenvalue weighted by Crippen LogP contribution is 2.33. The van der Waals surface area contributed by atoms with Crippen LogP contribution in [0.2, 0.25) is 10.0 Å². The van der Waals surface area contributed by atoms with Crippen LogP contribution in [0.15, 0.2) is 18.2 Å². The van der Waals surface area contributed by atoms with E-state index in [0.717, 1.165) is 0 Å². The summed E-state index contributed by atoms with van der Waals surface area (Å²) in [5.74, 6) is 0. The van der Waals surface area contributed by atoms with Crippen molar-refractivity contribution in [3.63, 3.8) is 0 Å². The van der Waals surface area contributed by atoms with Crippen molar-refractivity contribution in [3.8, 4) is 6.01 Å². The molecule has 0 radical (unpaired) electrons. The van der Waals surface area contributed by atoms with Gasteiger partial charge in [-0.2, -0.15) is 4.98 Å². The summed E-state index contributed by atoms with van der Waals surface area (Å²) in [5, 5.41) is 4.63. The molecule has 0 aliphatic carbocycles. The third-order valence-electron chi connectivity index (χ3n) is 1.78. The van der Waals surface area contributed by atoms with Crippen LogP contribution in [0.4, 0.5) is 10.8 Å². The molecule has 0 aliphatic heterocycles. The topological polar surface area (TPSA) is 47.0 Å². The van der Waals surface area contributed by atoms with Gasteiger partial charge in [0.15, 0.2) is 0 Å². The summed E-state index contributed by atoms with van der Waals surface area (Å²) < 4.78 is 8.83. The zero-order valence-corrected chi connectivity index (χ0v) is 10.5. The minimum absolute atomic E-state index is 0.315. The Morgan fingerprint density at radius 1 is 1.31 bits per heavy atom. The molecule has 1 N–H and O–H groups in total. The molecule has 0 unspecified atom stereocenters. The standard InChI is InChI=1S/C9H7Cl2N3OS/c1-15-8-13-9(16-14-8)12-7-5(10)3-2-4-6(7)11/h2-4H,1H3,(H,12,13,14). The average Bonchev–Trinajstić information content (AvgIpc) is 2.71. The van der Waals surface area contributed by atoms with Gasteiger partial charge < -0.3 is 10.1 Å². The van der Waals surface area contributed by atoms with Crippen molar-refractivity contribution in [2.45, 2.75) is 0 Å². The zero-order chi connectivity index (χ0) is 11.5. The first-order valence-electron chi connectivity index (χ1n) is 4.29. The average molecular weight is 276 g/mol. The maximum atomic E-state index is 6.00. The number of hydrogen-bond acceptors (Lipinski definition) is 5. The molecule has 4 nitrogen and oxygen atoms in total. The normalized spacial score (nSPS) is 10.2. The lowest BCUT2D eigenvalue weighted by Crippen LogP contribution is -1.92. The number of para-hydroxylation sites is 1. The Morgan fingerprint density at radius 2 is 2.00 bits per heavy atom. The Kier molecular flexibility index (Phi) is 3.48. The lowest BCUT2D eigenvalue weighted by Gasteiger charge is -2.06. The van der Waals surface area contributed by atoms with E-state index < -0.39 is 0 Å². The third kappa shape index (κ3) is 2.37. The van der Waals surface area contributed by atoms with Crippen LogP contribution in [0.25, 0.3) is 0 Å². The quantitative estimate of drug-likeness (QED) is 0.930. The van der Waals surface area contributed by atoms with E-state index in [1.54, 1.807) is 18.2 Å². The van der Waals surface area contributed by atoms with E-state index >= 15 is 0 Å². The minimum Gasteiger partial charge on any atom is -0.466 e. The van der Waals surface area contributed by atoms with Crippen LogP contribution in [-0.2, 0) is 0 Å². The van der Waals surface area contributed by atoms with Gasteiger partial charge in [0, 0.05) is 11.5 Å². The van der Waals surface area contributed by atoms with Crippen LogP contribution >= 0.6 is 34.7 Å². The lowest BCUT2D eigenvalue weighted by molar-refractivity contribution is 0.386. The molecule has 0 saturated heterocycles. The number of hydrogen-bond donors (Lipinski definition) is 1. The summed E-state index contributed by atoms with van der Waals surface area (Å²) >= 11 is 13.2. The lowest BCUT2D eigenvalue weighted by atomic mass is 10.3. The molecule has 16 heavy (non-hydrogen) atoms. The van der Waals surface area contributed by atoms with Crippen molar-refractivity contribution in [2.75, 3.05) is 12.4 Å². The molecule has 0 aliphatic rings. The Labute approximate surface area is 106 Å². The van der Waals surface area contributed by atoms with Crippen LogP contribution in [0.1, 0.15) is 0 Å². The van der Waals surface area contributed by atoms with E-state index in [1.807, 2.05) is 0 Å². The predicted molar refractivity (Wildman–Crippen MR) is 66.2 cm³/mol. The highest BCUT2D eigenvalue weighted by molar-refractivity contribution is 7.09. The molecular weight excluding hydrogens is 269 g/mol. The van der Waals surface area contributed by atoms with E-state index in [4.69, 9.17) is 27.9 Å². The Hall–Kier alpha value is -1.04. The Bertz CT molecular complexity index is 483. The van der Waals surface area contributed by atoms with Crippen molar-refractivity contribution in [3.05, 3.63) is 28.2 Å². The molecule has 0 atom stereocenters. The molecule has 0 fully saturated rings. The predicted octanol–water partition coefficient (Wildman–Crippen LogP) is 3.60. The van der Waals surface area contributed by atoms with Crippen LogP contribution in [0, 0.1) is 0 Å². The molecule has 7 heteroatoms. The fourth-order valence-electron chi connectivity index (χ4n) is 1.07. The molecule has 84 valence electrons. The molecule has 2 rings (SSSR count). The molecule has 1 aromatic heterocycles. The number of methoxy groups -OCH3 is 1. The SMILES string of the molecule is COc1nsc(Nc2c(Cl)cccc2Cl)n1. The molecule has 1 aromatic carbocycles. The van der Waals surface area contributed by atoms with E-state index in [9.17, 15) is 0 Å². The second-order valence-corrected chi connectivity index (χ2v) is 4.37. The summed E-state index contributed by atoms with van der Waals surface area (Å²) in [6, 6.07) is 5.58. The number of anilines is 2. The molecule has 0 bridgehead atoms. The maximum Gasteiger partial charge on any atom is 0.329 e. The van der Waals surface area contributed by atoms with Crippen molar-refractivity contribution >= 4 is 45.6 Å².